The van der Waals surface area contributed by atoms with Crippen molar-refractivity contribution >= 4 is 70.7 Å². The smallest absolute Gasteiger partial charge is 0.871 e. The van der Waals surface area contributed by atoms with E-state index in [0.717, 1.165) is 62.5 Å². The largest absolute Gasteiger partial charge is 2.00 e. The Kier molecular flexibility index (Phi) is 30.0. The molecule has 0 aromatic heterocycles. The first-order valence-corrected chi connectivity index (χ1v) is 35.8. The first kappa shape index (κ1) is 75.9. The Morgan fingerprint density at radius 3 is 1.14 bits per heavy atom. The number of nitrogens with zero attached hydrogens (tertiary/aromatic N) is 2. The molecule has 1 aliphatic carbocycles. The molecule has 528 valence electrons. The van der Waals surface area contributed by atoms with Gasteiger partial charge in [-0.25, -0.2) is 9.59 Å². The van der Waals surface area contributed by atoms with Crippen LogP contribution in [0.15, 0.2) is 119 Å². The summed E-state index contributed by atoms with van der Waals surface area (Å²) in [5.41, 5.74) is 2.30. The van der Waals surface area contributed by atoms with Gasteiger partial charge in [0.2, 0.25) is 0 Å². The zero-order valence-electron chi connectivity index (χ0n) is 57.8. The van der Waals surface area contributed by atoms with Gasteiger partial charge in [-0.1, -0.05) is 240 Å². The number of anilines is 4. The fourth-order valence-corrected chi connectivity index (χ4v) is 13.0. The molecule has 0 bridgehead atoms. The number of carbonyl (C=O) groups excluding carboxylic acids is 6. The molecule has 2 heterocycles. The van der Waals surface area contributed by atoms with Crippen LogP contribution in [0.25, 0.3) is 0 Å². The molecule has 19 heteroatoms. The van der Waals surface area contributed by atoms with Crippen molar-refractivity contribution in [1.82, 2.24) is 0 Å². The van der Waals surface area contributed by atoms with Crippen molar-refractivity contribution in [3.8, 4) is 23.0 Å². The van der Waals surface area contributed by atoms with Gasteiger partial charge in [0.05, 0.1) is 83.5 Å². The van der Waals surface area contributed by atoms with Gasteiger partial charge in [-0.15, -0.1) is 0 Å². The molecule has 18 nitrogen and oxygen atoms in total. The van der Waals surface area contributed by atoms with Crippen LogP contribution in [0.4, 0.5) is 22.7 Å². The number of para-hydroxylation sites is 6. The van der Waals surface area contributed by atoms with Crippen LogP contribution >= 0.6 is 0 Å². The summed E-state index contributed by atoms with van der Waals surface area (Å²) in [4.78, 5) is 94.3. The number of amides is 4. The van der Waals surface area contributed by atoms with Crippen LogP contribution in [0.5, 0.6) is 23.0 Å². The summed E-state index contributed by atoms with van der Waals surface area (Å²) in [6, 6.07) is 28.1. The van der Waals surface area contributed by atoms with Crippen molar-refractivity contribution in [3.05, 3.63) is 165 Å². The monoisotopic (exact) mass is 1390 g/mol. The number of benzene rings is 6. The minimum absolute atomic E-state index is 0. The van der Waals surface area contributed by atoms with Crippen molar-refractivity contribution < 1.29 is 74.4 Å². The number of fused-ring (bicyclic) bond motifs is 2. The molecule has 3 aliphatic rings. The maximum atomic E-state index is 14.3. The molecule has 0 saturated heterocycles. The first-order chi connectivity index (χ1) is 47.8. The fourth-order valence-electron chi connectivity index (χ4n) is 13.0. The van der Waals surface area contributed by atoms with Crippen molar-refractivity contribution in [1.29, 1.82) is 0 Å². The van der Waals surface area contributed by atoms with E-state index < -0.39 is 59.2 Å². The molecule has 4 N–H and O–H groups in total. The van der Waals surface area contributed by atoms with Gasteiger partial charge in [-0.2, -0.15) is 0 Å². The molecule has 1 fully saturated rings. The second kappa shape index (κ2) is 39.1. The van der Waals surface area contributed by atoms with E-state index >= 15 is 0 Å². The third-order valence-electron chi connectivity index (χ3n) is 18.7. The van der Waals surface area contributed by atoms with Crippen LogP contribution in [0, 0.1) is 0 Å². The summed E-state index contributed by atoms with van der Waals surface area (Å²) in [5, 5.41) is 39.8. The minimum atomic E-state index is -0.787. The summed E-state index contributed by atoms with van der Waals surface area (Å²) in [7, 11) is 0. The predicted molar refractivity (Wildman–Crippen MR) is 383 cm³/mol. The van der Waals surface area contributed by atoms with E-state index in [1.54, 1.807) is 60.7 Å². The number of hydrogen-bond donors (Lipinski definition) is 4. The number of nitrogens with one attached hydrogen (secondary N) is 4. The second-order valence-electron chi connectivity index (χ2n) is 26.2. The van der Waals surface area contributed by atoms with Crippen LogP contribution in [0.2, 0.25) is 0 Å². The van der Waals surface area contributed by atoms with Crippen LogP contribution in [0.1, 0.15) is 278 Å². The SMILES string of the molecule is CCCCCCCCCCCCOC(=O)c1cccc(NC(=O)c2cccc(C=N[C@@H]3CCCC[C@H]3N=Cc3cccc(C(=O)Nc4cccc(C(=O)OCCCCCCCCCCCC)c4NC(=O)c4cccc5c4OC[C@H]5C)c3[O-])c2[O-])c1NC(=O)c1cccc2c1OC[C@H]2C.[Ni+2]. The molecule has 0 radical (unpaired) electrons. The van der Waals surface area contributed by atoms with Crippen molar-refractivity contribution in [2.75, 3.05) is 47.7 Å². The quantitative estimate of drug-likeness (QED) is 0.0124. The number of ether oxygens (including phenoxy) is 4. The Bertz CT molecular complexity index is 3550. The Balaban J connectivity index is 0.0000125. The summed E-state index contributed by atoms with van der Waals surface area (Å²) in [5.74, 6) is -4.26. The minimum Gasteiger partial charge on any atom is -0.871 e. The summed E-state index contributed by atoms with van der Waals surface area (Å²) in [6.07, 6.45) is 28.1. The van der Waals surface area contributed by atoms with E-state index in [4.69, 9.17) is 28.9 Å². The number of carbonyl (C=O) groups is 6. The first-order valence-electron chi connectivity index (χ1n) is 35.8. The van der Waals surface area contributed by atoms with E-state index in [1.807, 2.05) is 26.0 Å². The number of aliphatic imine (C=N–C) groups is 2. The fraction of sp³-hybridized carbons (Fsp3) is 0.450. The molecule has 2 aliphatic heterocycles. The Morgan fingerprint density at radius 2 is 0.758 bits per heavy atom. The molecule has 4 amide bonds. The summed E-state index contributed by atoms with van der Waals surface area (Å²) >= 11 is 0. The Hall–Kier alpha value is -8.83. The van der Waals surface area contributed by atoms with Crippen molar-refractivity contribution in [2.45, 2.75) is 206 Å². The zero-order chi connectivity index (χ0) is 69.2. The van der Waals surface area contributed by atoms with Gasteiger partial charge in [0.1, 0.15) is 11.5 Å². The van der Waals surface area contributed by atoms with Gasteiger partial charge in [0.15, 0.2) is 0 Å². The average Bonchev–Trinajstić information content (AvgIpc) is 1.74. The maximum absolute atomic E-state index is 14.3. The molecule has 4 atom stereocenters. The normalized spacial score (nSPS) is 16.0. The molecular formula is C80H96N6NiO12. The van der Waals surface area contributed by atoms with Crippen molar-refractivity contribution in [3.63, 3.8) is 0 Å². The standard InChI is InChI=1S/C80H98N6O12.Ni/c1-5-7-9-11-13-15-17-19-21-25-47-95-79(93)59-37-31-45-67(69(59)85-77(91)63-41-29-35-57-53(3)51-97-73(57)63)83-75(89)61-39-27-33-55(71(61)87)49-81-65-43-23-24-44-66(65)82-50-56-34-28-40-62(72(56)88)76(90)84-68-46-32-38-60(80(94)96-48-26-22-20-18-16-14-12-10-8-6-2)70(68)86-78(92)64-42-30-36-58-54(4)52-98-74(58)64;/h27-42,45-46,49-50,53-54,65-66,87-88H,5-26,43-44,47-48,51-52H2,1-4H3,(H,83,89)(H,84,90)(H,85,91)(H,86,92);/q;+2/p-2/t53-,54-,65-,66-;/m1./s1. The van der Waals surface area contributed by atoms with Gasteiger partial charge in [0, 0.05) is 46.5 Å². The summed E-state index contributed by atoms with van der Waals surface area (Å²) < 4.78 is 23.4. The number of unbranched alkanes of at least 4 members (excludes halogenated alkanes) is 18. The third kappa shape index (κ3) is 20.9. The van der Waals surface area contributed by atoms with E-state index in [9.17, 15) is 39.0 Å². The zero-order valence-corrected chi connectivity index (χ0v) is 58.8. The molecule has 6 aromatic carbocycles. The molecule has 99 heavy (non-hydrogen) atoms. The Labute approximate surface area is 593 Å². The van der Waals surface area contributed by atoms with E-state index in [1.165, 1.54) is 126 Å². The molecule has 6 aromatic rings. The predicted octanol–water partition coefficient (Wildman–Crippen LogP) is 16.8. The average molecular weight is 1390 g/mol. The number of esters is 2. The van der Waals surface area contributed by atoms with Gasteiger partial charge >= 0.3 is 28.4 Å². The maximum Gasteiger partial charge on any atom is 2.00 e. The summed E-state index contributed by atoms with van der Waals surface area (Å²) in [6.45, 7) is 9.59. The van der Waals surface area contributed by atoms with E-state index in [-0.39, 0.29) is 109 Å². The Morgan fingerprint density at radius 1 is 0.434 bits per heavy atom. The van der Waals surface area contributed by atoms with Gasteiger partial charge in [0.25, 0.3) is 23.6 Å². The number of hydrogen-bond acceptors (Lipinski definition) is 14. The van der Waals surface area contributed by atoms with Crippen molar-refractivity contribution in [2.24, 2.45) is 9.98 Å². The number of rotatable bonds is 36. The van der Waals surface area contributed by atoms with Crippen LogP contribution in [-0.2, 0) is 26.0 Å². The third-order valence-corrected chi connectivity index (χ3v) is 18.7. The molecule has 0 unspecified atom stereocenters. The van der Waals surface area contributed by atoms with Crippen LogP contribution < -0.4 is 41.0 Å². The second-order valence-corrected chi connectivity index (χ2v) is 26.2. The topological polar surface area (TPSA) is 258 Å². The molecule has 1 saturated carbocycles. The van der Waals surface area contributed by atoms with Gasteiger partial charge in [-0.3, -0.25) is 29.2 Å². The molecule has 9 rings (SSSR count). The molecular weight excluding hydrogens is 1300 g/mol. The van der Waals surface area contributed by atoms with E-state index in [2.05, 4.69) is 35.1 Å². The molecule has 0 spiro atoms. The van der Waals surface area contributed by atoms with Crippen LogP contribution in [-0.4, -0.2) is 86.5 Å². The van der Waals surface area contributed by atoms with Crippen LogP contribution in [0.3, 0.4) is 0 Å². The van der Waals surface area contributed by atoms with Gasteiger partial charge in [-0.05, 0) is 73.2 Å². The van der Waals surface area contributed by atoms with E-state index in [0.29, 0.717) is 50.4 Å². The van der Waals surface area contributed by atoms with Gasteiger partial charge < -0.3 is 50.4 Å².